The third kappa shape index (κ3) is 2.79. The fraction of sp³-hybridized carbons (Fsp3) is 0.294. The van der Waals surface area contributed by atoms with Gasteiger partial charge in [0.05, 0.1) is 5.69 Å². The Morgan fingerprint density at radius 3 is 2.60 bits per heavy atom. The van der Waals surface area contributed by atoms with Crippen LogP contribution < -0.4 is 4.90 Å². The van der Waals surface area contributed by atoms with E-state index in [1.807, 2.05) is 24.0 Å². The Balaban J connectivity index is 1.49. The highest BCUT2D eigenvalue weighted by atomic mass is 19.1. The predicted molar refractivity (Wildman–Crippen MR) is 90.0 cm³/mol. The van der Waals surface area contributed by atoms with Crippen molar-refractivity contribution in [2.75, 3.05) is 31.1 Å². The van der Waals surface area contributed by atoms with Crippen molar-refractivity contribution in [1.82, 2.24) is 24.5 Å². The van der Waals surface area contributed by atoms with Gasteiger partial charge in [-0.1, -0.05) is 12.1 Å². The highest BCUT2D eigenvalue weighted by molar-refractivity contribution is 5.91. The first kappa shape index (κ1) is 15.5. The first-order chi connectivity index (χ1) is 12.1. The summed E-state index contributed by atoms with van der Waals surface area (Å²) in [5, 5.41) is 4.26. The Morgan fingerprint density at radius 1 is 1.12 bits per heavy atom. The van der Waals surface area contributed by atoms with E-state index in [1.54, 1.807) is 27.7 Å². The molecule has 1 amide bonds. The van der Waals surface area contributed by atoms with E-state index < -0.39 is 0 Å². The molecule has 1 aliphatic rings. The predicted octanol–water partition coefficient (Wildman–Crippen LogP) is 1.53. The molecule has 8 heteroatoms. The second kappa shape index (κ2) is 6.12. The highest BCUT2D eigenvalue weighted by Crippen LogP contribution is 2.20. The van der Waals surface area contributed by atoms with Crippen LogP contribution in [0.5, 0.6) is 0 Å². The fourth-order valence-electron chi connectivity index (χ4n) is 3.00. The second-order valence-corrected chi connectivity index (χ2v) is 5.96. The molecule has 7 nitrogen and oxygen atoms in total. The molecule has 0 bridgehead atoms. The molecule has 0 radical (unpaired) electrons. The average molecular weight is 340 g/mol. The molecule has 128 valence electrons. The maximum Gasteiger partial charge on any atom is 0.293 e. The standard InChI is InChI=1S/C17H17FN6O/c1-12-6-7-19-17-20-15(21-24(12)17)16(25)23-10-8-22(9-11-23)14-5-3-2-4-13(14)18/h2-7H,8-11H2,1H3. The summed E-state index contributed by atoms with van der Waals surface area (Å²) in [4.78, 5) is 24.6. The number of hydrogen-bond donors (Lipinski definition) is 0. The van der Waals surface area contributed by atoms with Crippen molar-refractivity contribution in [2.24, 2.45) is 0 Å². The molecule has 3 heterocycles. The summed E-state index contributed by atoms with van der Waals surface area (Å²) < 4.78 is 15.5. The molecule has 1 saturated heterocycles. The Labute approximate surface area is 143 Å². The third-order valence-electron chi connectivity index (χ3n) is 4.38. The van der Waals surface area contributed by atoms with E-state index in [2.05, 4.69) is 15.1 Å². The van der Waals surface area contributed by atoms with Crippen LogP contribution in [-0.2, 0) is 0 Å². The summed E-state index contributed by atoms with van der Waals surface area (Å²) in [5.41, 5.74) is 1.43. The number of piperazine rings is 1. The van der Waals surface area contributed by atoms with Gasteiger partial charge in [-0.15, -0.1) is 5.10 Å². The number of carbonyl (C=O) groups is 1. The number of fused-ring (bicyclic) bond motifs is 1. The first-order valence-corrected chi connectivity index (χ1v) is 8.10. The molecule has 3 aromatic rings. The van der Waals surface area contributed by atoms with Crippen molar-refractivity contribution in [3.63, 3.8) is 0 Å². The van der Waals surface area contributed by atoms with Gasteiger partial charge >= 0.3 is 0 Å². The van der Waals surface area contributed by atoms with E-state index in [-0.39, 0.29) is 17.5 Å². The molecule has 2 aromatic heterocycles. The highest BCUT2D eigenvalue weighted by Gasteiger charge is 2.26. The van der Waals surface area contributed by atoms with Crippen LogP contribution in [-0.4, -0.2) is 56.6 Å². The van der Waals surface area contributed by atoms with Crippen molar-refractivity contribution in [3.05, 3.63) is 53.9 Å². The number of carbonyl (C=O) groups excluding carboxylic acids is 1. The number of aryl methyl sites for hydroxylation is 1. The molecule has 1 fully saturated rings. The van der Waals surface area contributed by atoms with Crippen LogP contribution in [0.2, 0.25) is 0 Å². The molecule has 0 N–H and O–H groups in total. The minimum Gasteiger partial charge on any atom is -0.366 e. The molecule has 1 aromatic carbocycles. The van der Waals surface area contributed by atoms with E-state index in [1.165, 1.54) is 6.07 Å². The largest absolute Gasteiger partial charge is 0.366 e. The summed E-state index contributed by atoms with van der Waals surface area (Å²) in [5.74, 6) is 0.0819. The number of benzene rings is 1. The first-order valence-electron chi connectivity index (χ1n) is 8.10. The minimum atomic E-state index is -0.245. The summed E-state index contributed by atoms with van der Waals surface area (Å²) in [6, 6.07) is 8.49. The Morgan fingerprint density at radius 2 is 1.88 bits per heavy atom. The van der Waals surface area contributed by atoms with Gasteiger partial charge in [0.1, 0.15) is 5.82 Å². The van der Waals surface area contributed by atoms with Gasteiger partial charge < -0.3 is 9.80 Å². The van der Waals surface area contributed by atoms with Gasteiger partial charge in [-0.3, -0.25) is 4.79 Å². The lowest BCUT2D eigenvalue weighted by Crippen LogP contribution is -2.49. The number of para-hydroxylation sites is 1. The summed E-state index contributed by atoms with van der Waals surface area (Å²) in [7, 11) is 0. The van der Waals surface area contributed by atoms with Crippen molar-refractivity contribution in [2.45, 2.75) is 6.92 Å². The molecule has 0 unspecified atom stereocenters. The number of aromatic nitrogens is 4. The van der Waals surface area contributed by atoms with Crippen molar-refractivity contribution < 1.29 is 9.18 Å². The van der Waals surface area contributed by atoms with Gasteiger partial charge in [-0.25, -0.2) is 13.9 Å². The Hall–Kier alpha value is -3.03. The lowest BCUT2D eigenvalue weighted by atomic mass is 10.2. The molecular weight excluding hydrogens is 323 g/mol. The van der Waals surface area contributed by atoms with Gasteiger partial charge in [0.15, 0.2) is 0 Å². The average Bonchev–Trinajstić information content (AvgIpc) is 3.07. The van der Waals surface area contributed by atoms with Crippen molar-refractivity contribution in [1.29, 1.82) is 0 Å². The summed E-state index contributed by atoms with van der Waals surface area (Å²) in [6.07, 6.45) is 1.64. The van der Waals surface area contributed by atoms with Gasteiger partial charge in [0, 0.05) is 38.1 Å². The van der Waals surface area contributed by atoms with E-state index in [4.69, 9.17) is 0 Å². The van der Waals surface area contributed by atoms with Gasteiger partial charge in [0.25, 0.3) is 11.7 Å². The minimum absolute atomic E-state index is 0.140. The smallest absolute Gasteiger partial charge is 0.293 e. The number of anilines is 1. The monoisotopic (exact) mass is 340 g/mol. The Bertz CT molecular complexity index is 932. The third-order valence-corrected chi connectivity index (χ3v) is 4.38. The molecule has 0 aliphatic carbocycles. The molecular formula is C17H17FN6O. The lowest BCUT2D eigenvalue weighted by molar-refractivity contribution is 0.0734. The van der Waals surface area contributed by atoms with Crippen LogP contribution in [0.1, 0.15) is 16.3 Å². The quantitative estimate of drug-likeness (QED) is 0.708. The zero-order valence-corrected chi connectivity index (χ0v) is 13.8. The molecule has 1 aliphatic heterocycles. The van der Waals surface area contributed by atoms with E-state index in [0.717, 1.165) is 5.69 Å². The summed E-state index contributed by atoms with van der Waals surface area (Å²) >= 11 is 0. The lowest BCUT2D eigenvalue weighted by Gasteiger charge is -2.35. The number of rotatable bonds is 2. The van der Waals surface area contributed by atoms with Crippen LogP contribution in [0.4, 0.5) is 10.1 Å². The molecule has 25 heavy (non-hydrogen) atoms. The number of amides is 1. The van der Waals surface area contributed by atoms with Crippen molar-refractivity contribution in [3.8, 4) is 0 Å². The van der Waals surface area contributed by atoms with E-state index in [0.29, 0.717) is 37.6 Å². The molecule has 0 saturated carbocycles. The zero-order valence-electron chi connectivity index (χ0n) is 13.8. The van der Waals surface area contributed by atoms with E-state index >= 15 is 0 Å². The summed E-state index contributed by atoms with van der Waals surface area (Å²) in [6.45, 7) is 4.00. The van der Waals surface area contributed by atoms with Crippen LogP contribution in [0.3, 0.4) is 0 Å². The van der Waals surface area contributed by atoms with Gasteiger partial charge in [-0.05, 0) is 25.1 Å². The van der Waals surface area contributed by atoms with Crippen molar-refractivity contribution >= 4 is 17.4 Å². The van der Waals surface area contributed by atoms with Gasteiger partial charge in [0.2, 0.25) is 5.82 Å². The molecule has 0 spiro atoms. The molecule has 4 rings (SSSR count). The van der Waals surface area contributed by atoms with Crippen LogP contribution in [0, 0.1) is 12.7 Å². The van der Waals surface area contributed by atoms with Gasteiger partial charge in [-0.2, -0.15) is 4.98 Å². The number of hydrogen-bond acceptors (Lipinski definition) is 5. The SMILES string of the molecule is Cc1ccnc2nc(C(=O)N3CCN(c4ccccc4F)CC3)nn12. The second-order valence-electron chi connectivity index (χ2n) is 5.96. The number of nitrogens with zero attached hydrogens (tertiary/aromatic N) is 6. The van der Waals surface area contributed by atoms with Crippen LogP contribution >= 0.6 is 0 Å². The maximum absolute atomic E-state index is 13.9. The van der Waals surface area contributed by atoms with E-state index in [9.17, 15) is 9.18 Å². The molecule has 0 atom stereocenters. The fourth-order valence-corrected chi connectivity index (χ4v) is 3.00. The maximum atomic E-state index is 13.9. The van der Waals surface area contributed by atoms with Crippen LogP contribution in [0.25, 0.3) is 5.78 Å². The number of halogens is 1. The van der Waals surface area contributed by atoms with Crippen LogP contribution in [0.15, 0.2) is 36.5 Å². The topological polar surface area (TPSA) is 66.6 Å². The Kier molecular flexibility index (Phi) is 3.79. The zero-order chi connectivity index (χ0) is 17.4. The normalized spacial score (nSPS) is 15.0.